The summed E-state index contributed by atoms with van der Waals surface area (Å²) in [7, 11) is 0. The van der Waals surface area contributed by atoms with Crippen molar-refractivity contribution in [1.82, 2.24) is 0 Å². The largest absolute Gasteiger partial charge is 0.399 e. The number of rotatable bonds is 2. The van der Waals surface area contributed by atoms with Gasteiger partial charge in [0.2, 0.25) is 11.8 Å². The lowest BCUT2D eigenvalue weighted by Crippen LogP contribution is -2.37. The lowest BCUT2D eigenvalue weighted by molar-refractivity contribution is -0.125. The molecule has 4 N–H and O–H groups in total. The Hall–Kier alpha value is -1.88. The number of amides is 2. The summed E-state index contributed by atoms with van der Waals surface area (Å²) >= 11 is 0. The van der Waals surface area contributed by atoms with E-state index in [-0.39, 0.29) is 30.7 Å². The number of carbonyl (C=O) groups excluding carboxylic acids is 2. The van der Waals surface area contributed by atoms with Crippen molar-refractivity contribution in [2.75, 3.05) is 10.6 Å². The van der Waals surface area contributed by atoms with Crippen LogP contribution in [-0.4, -0.2) is 17.9 Å². The molecule has 2 rings (SSSR count). The summed E-state index contributed by atoms with van der Waals surface area (Å²) in [6, 6.07) is 4.86. The van der Waals surface area contributed by atoms with E-state index in [1.807, 2.05) is 0 Å². The molecule has 0 aromatic heterocycles. The monoisotopic (exact) mass is 233 g/mol. The van der Waals surface area contributed by atoms with Gasteiger partial charge in [0.15, 0.2) is 0 Å². The van der Waals surface area contributed by atoms with Gasteiger partial charge in [0.1, 0.15) is 0 Å². The molecule has 0 saturated heterocycles. The first-order valence-electron chi connectivity index (χ1n) is 5.49. The van der Waals surface area contributed by atoms with Crippen LogP contribution >= 0.6 is 0 Å². The number of nitrogens with zero attached hydrogens (tertiary/aromatic N) is 1. The van der Waals surface area contributed by atoms with Gasteiger partial charge in [0.05, 0.1) is 12.1 Å². The fraction of sp³-hybridized carbons (Fsp3) is 0.333. The van der Waals surface area contributed by atoms with E-state index >= 15 is 0 Å². The Morgan fingerprint density at radius 3 is 2.88 bits per heavy atom. The quantitative estimate of drug-likeness (QED) is 0.724. The molecule has 0 bridgehead atoms. The Kier molecular flexibility index (Phi) is 2.85. The summed E-state index contributed by atoms with van der Waals surface area (Å²) in [4.78, 5) is 24.9. The molecule has 1 aromatic rings. The Morgan fingerprint density at radius 2 is 2.24 bits per heavy atom. The molecular formula is C12H15N3O2. The smallest absolute Gasteiger partial charge is 0.238 e. The average molecular weight is 233 g/mol. The van der Waals surface area contributed by atoms with Gasteiger partial charge in [0, 0.05) is 18.2 Å². The van der Waals surface area contributed by atoms with E-state index in [2.05, 4.69) is 0 Å². The number of anilines is 2. The molecular weight excluding hydrogens is 218 g/mol. The Balaban J connectivity index is 2.32. The molecule has 1 aliphatic heterocycles. The molecule has 1 heterocycles. The van der Waals surface area contributed by atoms with E-state index in [1.54, 1.807) is 25.1 Å². The second-order valence-corrected chi connectivity index (χ2v) is 4.37. The third kappa shape index (κ3) is 2.14. The highest BCUT2D eigenvalue weighted by Gasteiger charge is 2.32. The van der Waals surface area contributed by atoms with Crippen molar-refractivity contribution in [2.45, 2.75) is 25.8 Å². The number of carbonyl (C=O) groups is 2. The first-order chi connectivity index (χ1) is 7.99. The normalized spacial score (nSPS) is 15.9. The fourth-order valence-electron chi connectivity index (χ4n) is 1.98. The van der Waals surface area contributed by atoms with E-state index < -0.39 is 0 Å². The van der Waals surface area contributed by atoms with Gasteiger partial charge in [-0.1, -0.05) is 0 Å². The molecule has 1 aromatic carbocycles. The fourth-order valence-corrected chi connectivity index (χ4v) is 1.98. The number of benzene rings is 1. The lowest BCUT2D eigenvalue weighted by Gasteiger charge is -2.16. The summed E-state index contributed by atoms with van der Waals surface area (Å²) in [5.41, 5.74) is 13.2. The van der Waals surface area contributed by atoms with E-state index in [9.17, 15) is 9.59 Å². The summed E-state index contributed by atoms with van der Waals surface area (Å²) < 4.78 is 0. The van der Waals surface area contributed by atoms with E-state index in [0.29, 0.717) is 11.4 Å². The predicted molar refractivity (Wildman–Crippen MR) is 65.3 cm³/mol. The molecule has 1 atom stereocenters. The molecule has 1 unspecified atom stereocenters. The third-order valence-corrected chi connectivity index (χ3v) is 2.68. The number of nitrogen functional groups attached to an aromatic ring is 1. The summed E-state index contributed by atoms with van der Waals surface area (Å²) in [6.07, 6.45) is 0.390. The van der Waals surface area contributed by atoms with Crippen molar-refractivity contribution in [1.29, 1.82) is 0 Å². The van der Waals surface area contributed by atoms with Crippen LogP contribution in [0, 0.1) is 0 Å². The molecule has 0 fully saturated rings. The van der Waals surface area contributed by atoms with E-state index in [1.165, 1.54) is 4.90 Å². The number of hydrogen-bond donors (Lipinski definition) is 2. The van der Waals surface area contributed by atoms with E-state index in [4.69, 9.17) is 11.5 Å². The minimum absolute atomic E-state index is 0.162. The van der Waals surface area contributed by atoms with Crippen molar-refractivity contribution in [3.63, 3.8) is 0 Å². The van der Waals surface area contributed by atoms with Gasteiger partial charge in [-0.2, -0.15) is 0 Å². The molecule has 0 radical (unpaired) electrons. The second kappa shape index (κ2) is 4.18. The molecule has 17 heavy (non-hydrogen) atoms. The van der Waals surface area contributed by atoms with Gasteiger partial charge in [-0.05, 0) is 30.7 Å². The maximum atomic E-state index is 11.9. The molecule has 1 aliphatic rings. The molecule has 0 aliphatic carbocycles. The van der Waals surface area contributed by atoms with Crippen LogP contribution in [0.25, 0.3) is 0 Å². The SMILES string of the molecule is CC(N)CC(=O)N1C(=O)Cc2cc(N)ccc21. The molecule has 2 amide bonds. The first-order valence-corrected chi connectivity index (χ1v) is 5.49. The average Bonchev–Trinajstić information content (AvgIpc) is 2.51. The highest BCUT2D eigenvalue weighted by Crippen LogP contribution is 2.30. The topological polar surface area (TPSA) is 89.4 Å². The van der Waals surface area contributed by atoms with Crippen molar-refractivity contribution < 1.29 is 9.59 Å². The van der Waals surface area contributed by atoms with Gasteiger partial charge >= 0.3 is 0 Å². The van der Waals surface area contributed by atoms with Gasteiger partial charge in [-0.25, -0.2) is 4.90 Å². The van der Waals surface area contributed by atoms with Crippen molar-refractivity contribution in [3.05, 3.63) is 23.8 Å². The van der Waals surface area contributed by atoms with E-state index in [0.717, 1.165) is 5.56 Å². The predicted octanol–water partition coefficient (Wildman–Crippen LogP) is 0.422. The minimum atomic E-state index is -0.256. The lowest BCUT2D eigenvalue weighted by atomic mass is 10.1. The summed E-state index contributed by atoms with van der Waals surface area (Å²) in [5, 5.41) is 0. The van der Waals surface area contributed by atoms with Crippen molar-refractivity contribution >= 4 is 23.2 Å². The van der Waals surface area contributed by atoms with Crippen LogP contribution < -0.4 is 16.4 Å². The number of fused-ring (bicyclic) bond motifs is 1. The second-order valence-electron chi connectivity index (χ2n) is 4.37. The van der Waals surface area contributed by atoms with Crippen LogP contribution in [0.4, 0.5) is 11.4 Å². The maximum absolute atomic E-state index is 11.9. The third-order valence-electron chi connectivity index (χ3n) is 2.68. The highest BCUT2D eigenvalue weighted by atomic mass is 16.2. The Bertz CT molecular complexity index is 483. The van der Waals surface area contributed by atoms with Crippen LogP contribution in [0.2, 0.25) is 0 Å². The number of nitrogens with two attached hydrogens (primary N) is 2. The van der Waals surface area contributed by atoms with Crippen LogP contribution in [0.15, 0.2) is 18.2 Å². The molecule has 0 spiro atoms. The standard InChI is InChI=1S/C12H15N3O2/c1-7(13)4-11(16)15-10-3-2-9(14)5-8(10)6-12(15)17/h2-3,5,7H,4,6,13-14H2,1H3. The maximum Gasteiger partial charge on any atom is 0.238 e. The molecule has 0 saturated carbocycles. The van der Waals surface area contributed by atoms with Gasteiger partial charge in [-0.3, -0.25) is 9.59 Å². The molecule has 90 valence electrons. The minimum Gasteiger partial charge on any atom is -0.399 e. The molecule has 5 nitrogen and oxygen atoms in total. The summed E-state index contributed by atoms with van der Waals surface area (Å²) in [5.74, 6) is -0.468. The van der Waals surface area contributed by atoms with Crippen LogP contribution in [0.3, 0.4) is 0 Å². The zero-order valence-corrected chi connectivity index (χ0v) is 9.64. The number of hydrogen-bond acceptors (Lipinski definition) is 4. The summed E-state index contributed by atoms with van der Waals surface area (Å²) in [6.45, 7) is 1.74. The van der Waals surface area contributed by atoms with Crippen LogP contribution in [-0.2, 0) is 16.0 Å². The highest BCUT2D eigenvalue weighted by molar-refractivity contribution is 6.19. The van der Waals surface area contributed by atoms with Crippen molar-refractivity contribution in [2.24, 2.45) is 5.73 Å². The number of imide groups is 1. The Morgan fingerprint density at radius 1 is 1.53 bits per heavy atom. The van der Waals surface area contributed by atoms with Crippen LogP contribution in [0.5, 0.6) is 0 Å². The zero-order chi connectivity index (χ0) is 12.6. The molecule has 5 heteroatoms. The van der Waals surface area contributed by atoms with Gasteiger partial charge < -0.3 is 11.5 Å². The first kappa shape index (κ1) is 11.6. The van der Waals surface area contributed by atoms with Gasteiger partial charge in [0.25, 0.3) is 0 Å². The van der Waals surface area contributed by atoms with Crippen molar-refractivity contribution in [3.8, 4) is 0 Å². The van der Waals surface area contributed by atoms with Crippen LogP contribution in [0.1, 0.15) is 18.9 Å². The Labute approximate surface area is 99.4 Å². The zero-order valence-electron chi connectivity index (χ0n) is 9.64. The van der Waals surface area contributed by atoms with Gasteiger partial charge in [-0.15, -0.1) is 0 Å².